The van der Waals surface area contributed by atoms with Gasteiger partial charge in [-0.15, -0.1) is 0 Å². The number of anilines is 1. The number of carbonyl (C=O) groups is 1. The Balaban J connectivity index is 1.52. The summed E-state index contributed by atoms with van der Waals surface area (Å²) in [5, 5.41) is 14.5. The van der Waals surface area contributed by atoms with Crippen LogP contribution in [-0.4, -0.2) is 61.1 Å². The lowest BCUT2D eigenvalue weighted by molar-refractivity contribution is -0.137. The van der Waals surface area contributed by atoms with Gasteiger partial charge in [-0.2, -0.15) is 0 Å². The van der Waals surface area contributed by atoms with Gasteiger partial charge < -0.3 is 20.1 Å². The molecule has 0 atom stereocenters. The number of fused-ring (bicyclic) bond motifs is 1. The third-order valence-corrected chi connectivity index (χ3v) is 6.36. The molecular weight excluding hydrogens is 434 g/mol. The number of ether oxygens (including phenoxy) is 1. The van der Waals surface area contributed by atoms with Gasteiger partial charge in [0.15, 0.2) is 0 Å². The van der Waals surface area contributed by atoms with Gasteiger partial charge in [-0.1, -0.05) is 36.4 Å². The van der Waals surface area contributed by atoms with Gasteiger partial charge in [-0.25, -0.2) is 4.31 Å². The lowest BCUT2D eigenvalue weighted by Gasteiger charge is -2.18. The van der Waals surface area contributed by atoms with Gasteiger partial charge in [0, 0.05) is 42.7 Å². The molecule has 0 aromatic heterocycles. The van der Waals surface area contributed by atoms with Crippen LogP contribution in [0.25, 0.3) is 10.8 Å². The second kappa shape index (κ2) is 12.5. The largest absolute Gasteiger partial charge is 0.494 e. The van der Waals surface area contributed by atoms with Crippen molar-refractivity contribution in [2.24, 2.45) is 0 Å². The summed E-state index contributed by atoms with van der Waals surface area (Å²) in [4.78, 5) is 13.9. The minimum absolute atomic E-state index is 0.167. The number of nitrogens with one attached hydrogen (secondary N) is 1. The van der Waals surface area contributed by atoms with E-state index in [1.165, 1.54) is 21.2 Å². The normalized spacial score (nSPS) is 11.3. The number of hydrogen-bond acceptors (Lipinski definition) is 6. The SMILES string of the molecule is CNc1cccc2c(SN(C)Cc3cccc(OCCCN(C)CCC(=O)O)c3)cccc12. The average Bonchev–Trinajstić information content (AvgIpc) is 2.80. The fraction of sp³-hybridized carbons (Fsp3) is 0.346. The van der Waals surface area contributed by atoms with E-state index in [0.717, 1.165) is 30.9 Å². The van der Waals surface area contributed by atoms with Gasteiger partial charge in [0.25, 0.3) is 0 Å². The molecule has 33 heavy (non-hydrogen) atoms. The van der Waals surface area contributed by atoms with E-state index in [-0.39, 0.29) is 6.42 Å². The Morgan fingerprint density at radius 3 is 2.58 bits per heavy atom. The Labute approximate surface area is 200 Å². The Bertz CT molecular complexity index is 1060. The Hall–Kier alpha value is -2.74. The van der Waals surface area contributed by atoms with E-state index < -0.39 is 5.97 Å². The molecule has 0 spiro atoms. The van der Waals surface area contributed by atoms with E-state index in [9.17, 15) is 4.79 Å². The first-order chi connectivity index (χ1) is 16.0. The molecule has 176 valence electrons. The highest BCUT2D eigenvalue weighted by Crippen LogP contribution is 2.33. The number of carboxylic acid groups (broad SMARTS) is 1. The van der Waals surface area contributed by atoms with Crippen LogP contribution in [0.15, 0.2) is 65.6 Å². The zero-order valence-electron chi connectivity index (χ0n) is 19.6. The maximum Gasteiger partial charge on any atom is 0.304 e. The summed E-state index contributed by atoms with van der Waals surface area (Å²) < 4.78 is 8.16. The molecule has 7 heteroatoms. The molecule has 0 radical (unpaired) electrons. The zero-order chi connectivity index (χ0) is 23.6. The molecule has 3 rings (SSSR count). The van der Waals surface area contributed by atoms with E-state index in [0.29, 0.717) is 13.2 Å². The van der Waals surface area contributed by atoms with Crippen molar-refractivity contribution in [1.29, 1.82) is 0 Å². The van der Waals surface area contributed by atoms with Crippen LogP contribution in [0.3, 0.4) is 0 Å². The first-order valence-corrected chi connectivity index (χ1v) is 11.9. The number of rotatable bonds is 13. The van der Waals surface area contributed by atoms with Gasteiger partial charge in [0.1, 0.15) is 5.75 Å². The Morgan fingerprint density at radius 2 is 1.79 bits per heavy atom. The van der Waals surface area contributed by atoms with Crippen molar-refractivity contribution in [2.45, 2.75) is 24.3 Å². The van der Waals surface area contributed by atoms with Crippen LogP contribution in [0.1, 0.15) is 18.4 Å². The summed E-state index contributed by atoms with van der Waals surface area (Å²) in [7, 11) is 5.99. The predicted molar refractivity (Wildman–Crippen MR) is 137 cm³/mol. The molecule has 6 nitrogen and oxygen atoms in total. The maximum absolute atomic E-state index is 10.7. The molecule has 0 unspecified atom stereocenters. The molecule has 0 amide bonds. The molecule has 3 aromatic carbocycles. The van der Waals surface area contributed by atoms with E-state index >= 15 is 0 Å². The van der Waals surface area contributed by atoms with Crippen molar-refractivity contribution in [3.8, 4) is 5.75 Å². The van der Waals surface area contributed by atoms with Gasteiger partial charge in [0.2, 0.25) is 0 Å². The highest BCUT2D eigenvalue weighted by atomic mass is 32.2. The van der Waals surface area contributed by atoms with Crippen molar-refractivity contribution >= 4 is 34.4 Å². The Kier molecular flexibility index (Phi) is 9.42. The maximum atomic E-state index is 10.7. The van der Waals surface area contributed by atoms with Crippen molar-refractivity contribution in [1.82, 2.24) is 9.21 Å². The highest BCUT2D eigenvalue weighted by molar-refractivity contribution is 7.97. The lowest BCUT2D eigenvalue weighted by Crippen LogP contribution is -2.24. The molecule has 0 aliphatic carbocycles. The summed E-state index contributed by atoms with van der Waals surface area (Å²) in [6.07, 6.45) is 1.02. The summed E-state index contributed by atoms with van der Waals surface area (Å²) in [6, 6.07) is 21.0. The van der Waals surface area contributed by atoms with Crippen molar-refractivity contribution in [3.05, 3.63) is 66.2 Å². The van der Waals surface area contributed by atoms with Crippen molar-refractivity contribution in [2.75, 3.05) is 46.2 Å². The standard InChI is InChI=1S/C26H33N3O3S/c1-27-24-12-5-11-23-22(24)10-6-13-25(23)33-29(3)19-20-8-4-9-21(18-20)32-17-7-15-28(2)16-14-26(30)31/h4-6,8-13,18,27H,7,14-17,19H2,1-3H3,(H,30,31). The number of nitrogens with zero attached hydrogens (tertiary/aromatic N) is 2. The highest BCUT2D eigenvalue weighted by Gasteiger charge is 2.09. The van der Waals surface area contributed by atoms with Crippen LogP contribution >= 0.6 is 11.9 Å². The van der Waals surface area contributed by atoms with E-state index in [4.69, 9.17) is 9.84 Å². The second-order valence-electron chi connectivity index (χ2n) is 8.08. The number of aliphatic carboxylic acids is 1. The van der Waals surface area contributed by atoms with E-state index in [1.54, 1.807) is 11.9 Å². The van der Waals surface area contributed by atoms with Crippen molar-refractivity contribution < 1.29 is 14.6 Å². The summed E-state index contributed by atoms with van der Waals surface area (Å²) in [5.41, 5.74) is 2.33. The quantitative estimate of drug-likeness (QED) is 0.265. The molecule has 0 aliphatic heterocycles. The van der Waals surface area contributed by atoms with E-state index in [2.05, 4.69) is 65.2 Å². The molecule has 3 aromatic rings. The molecular formula is C26H33N3O3S. The van der Waals surface area contributed by atoms with Crippen LogP contribution in [0.4, 0.5) is 5.69 Å². The first kappa shape index (κ1) is 24.9. The molecule has 0 aliphatic rings. The van der Waals surface area contributed by atoms with Crippen molar-refractivity contribution in [3.63, 3.8) is 0 Å². The number of benzene rings is 3. The fourth-order valence-corrected chi connectivity index (χ4v) is 4.66. The van der Waals surface area contributed by atoms with Gasteiger partial charge in [0.05, 0.1) is 13.0 Å². The summed E-state index contributed by atoms with van der Waals surface area (Å²) in [5.74, 6) is 0.101. The smallest absolute Gasteiger partial charge is 0.304 e. The minimum atomic E-state index is -0.763. The second-order valence-corrected chi connectivity index (χ2v) is 9.33. The zero-order valence-corrected chi connectivity index (χ0v) is 20.4. The van der Waals surface area contributed by atoms with Crippen LogP contribution in [-0.2, 0) is 11.3 Å². The fourth-order valence-electron chi connectivity index (χ4n) is 3.69. The molecule has 2 N–H and O–H groups in total. The third kappa shape index (κ3) is 7.67. The minimum Gasteiger partial charge on any atom is -0.494 e. The first-order valence-electron chi connectivity index (χ1n) is 11.2. The molecule has 0 bridgehead atoms. The topological polar surface area (TPSA) is 65.0 Å². The van der Waals surface area contributed by atoms with Gasteiger partial charge in [-0.05, 0) is 67.7 Å². The molecule has 0 heterocycles. The monoisotopic (exact) mass is 467 g/mol. The third-order valence-electron chi connectivity index (χ3n) is 5.37. The number of carboxylic acids is 1. The van der Waals surface area contributed by atoms with Gasteiger partial charge >= 0.3 is 5.97 Å². The van der Waals surface area contributed by atoms with Crippen LogP contribution in [0, 0.1) is 0 Å². The van der Waals surface area contributed by atoms with Crippen LogP contribution < -0.4 is 10.1 Å². The summed E-state index contributed by atoms with van der Waals surface area (Å²) in [6.45, 7) is 2.77. The van der Waals surface area contributed by atoms with E-state index in [1.807, 2.05) is 31.1 Å². The molecule has 0 saturated carbocycles. The Morgan fingerprint density at radius 1 is 1.03 bits per heavy atom. The average molecular weight is 468 g/mol. The molecule has 0 saturated heterocycles. The summed E-state index contributed by atoms with van der Waals surface area (Å²) >= 11 is 1.74. The number of hydrogen-bond donors (Lipinski definition) is 2. The predicted octanol–water partition coefficient (Wildman–Crippen LogP) is 5.20. The van der Waals surface area contributed by atoms with Gasteiger partial charge in [-0.3, -0.25) is 4.79 Å². The van der Waals surface area contributed by atoms with Crippen LogP contribution in [0.5, 0.6) is 5.75 Å². The van der Waals surface area contributed by atoms with Crippen LogP contribution in [0.2, 0.25) is 0 Å². The lowest BCUT2D eigenvalue weighted by atomic mass is 10.1. The molecule has 0 fully saturated rings.